The Morgan fingerprint density at radius 1 is 1.06 bits per heavy atom. The summed E-state index contributed by atoms with van der Waals surface area (Å²) in [6, 6.07) is 22.3. The fraction of sp³-hybridized carbons (Fsp3) is 0.321. The van der Waals surface area contributed by atoms with Gasteiger partial charge in [0, 0.05) is 50.5 Å². The average Bonchev–Trinajstić information content (AvgIpc) is 2.95. The Morgan fingerprint density at radius 3 is 2.47 bits per heavy atom. The number of benzene rings is 2. The monoisotopic (exact) mass is 483 g/mol. The topological polar surface area (TPSA) is 81.9 Å². The third-order valence-corrected chi connectivity index (χ3v) is 6.75. The molecular formula is C28H29N5O3. The fourth-order valence-corrected chi connectivity index (χ4v) is 4.67. The molecule has 2 aromatic carbocycles. The summed E-state index contributed by atoms with van der Waals surface area (Å²) in [5.74, 6) is 2.07. The van der Waals surface area contributed by atoms with Crippen molar-refractivity contribution in [1.29, 1.82) is 5.26 Å². The fourth-order valence-electron chi connectivity index (χ4n) is 4.67. The summed E-state index contributed by atoms with van der Waals surface area (Å²) in [4.78, 5) is 24.4. The largest absolute Gasteiger partial charge is 0.484 e. The van der Waals surface area contributed by atoms with Crippen LogP contribution in [0.25, 0.3) is 0 Å². The molecule has 0 bridgehead atoms. The molecule has 2 atom stereocenters. The normalized spacial score (nSPS) is 18.7. The molecule has 3 aromatic rings. The summed E-state index contributed by atoms with van der Waals surface area (Å²) >= 11 is 0. The molecule has 1 fully saturated rings. The molecule has 0 radical (unpaired) electrons. The first kappa shape index (κ1) is 23.8. The van der Waals surface area contributed by atoms with E-state index in [1.165, 1.54) is 0 Å². The molecule has 0 spiro atoms. The Morgan fingerprint density at radius 2 is 1.78 bits per heavy atom. The molecule has 2 aliphatic rings. The highest BCUT2D eigenvalue weighted by Gasteiger charge is 2.32. The number of nitrogens with zero attached hydrogens (tertiary/aromatic N) is 5. The Hall–Kier alpha value is -3.93. The number of hydrogen-bond donors (Lipinski definition) is 0. The standard InChI is InChI=1S/C28H29N5O3/c1-21(31-14-16-32(17-15-31)27-20-35-24-6-2-3-7-25(24)36-27)19-33(26-8-4-5-13-30-26)28(34)23-11-9-22(18-29)10-12-23/h2-13,21,27H,14-17,19-20H2,1H3/t21-,27?/m1/s1. The Labute approximate surface area is 211 Å². The highest BCUT2D eigenvalue weighted by Crippen LogP contribution is 2.32. The van der Waals surface area contributed by atoms with E-state index in [4.69, 9.17) is 14.7 Å². The van der Waals surface area contributed by atoms with Crippen molar-refractivity contribution in [3.63, 3.8) is 0 Å². The van der Waals surface area contributed by atoms with Crippen LogP contribution in [0.5, 0.6) is 11.5 Å². The zero-order valence-electron chi connectivity index (χ0n) is 20.3. The molecule has 36 heavy (non-hydrogen) atoms. The second kappa shape index (κ2) is 10.8. The smallest absolute Gasteiger partial charge is 0.259 e. The maximum atomic E-state index is 13.5. The molecule has 0 aliphatic carbocycles. The van der Waals surface area contributed by atoms with Crippen molar-refractivity contribution >= 4 is 11.7 Å². The van der Waals surface area contributed by atoms with Gasteiger partial charge in [-0.3, -0.25) is 19.5 Å². The predicted molar refractivity (Wildman–Crippen MR) is 136 cm³/mol. The van der Waals surface area contributed by atoms with Gasteiger partial charge in [0.1, 0.15) is 12.4 Å². The summed E-state index contributed by atoms with van der Waals surface area (Å²) in [6.07, 6.45) is 1.60. The Kier molecular flexibility index (Phi) is 7.12. The second-order valence-electron chi connectivity index (χ2n) is 9.04. The third kappa shape index (κ3) is 5.18. The van der Waals surface area contributed by atoms with Crippen LogP contribution in [0.1, 0.15) is 22.8 Å². The molecule has 1 aromatic heterocycles. The lowest BCUT2D eigenvalue weighted by Crippen LogP contribution is -2.57. The lowest BCUT2D eigenvalue weighted by Gasteiger charge is -2.42. The number of rotatable bonds is 6. The highest BCUT2D eigenvalue weighted by molar-refractivity contribution is 6.05. The number of fused-ring (bicyclic) bond motifs is 1. The van der Waals surface area contributed by atoms with Gasteiger partial charge >= 0.3 is 0 Å². The first-order chi connectivity index (χ1) is 17.6. The van der Waals surface area contributed by atoms with Crippen molar-refractivity contribution in [2.75, 3.05) is 44.2 Å². The number of aromatic nitrogens is 1. The summed E-state index contributed by atoms with van der Waals surface area (Å²) in [5.41, 5.74) is 1.06. The molecule has 2 aliphatic heterocycles. The summed E-state index contributed by atoms with van der Waals surface area (Å²) < 4.78 is 12.1. The van der Waals surface area contributed by atoms with Crippen LogP contribution in [-0.4, -0.2) is 72.3 Å². The van der Waals surface area contributed by atoms with Crippen molar-refractivity contribution in [2.24, 2.45) is 0 Å². The number of pyridine rings is 1. The summed E-state index contributed by atoms with van der Waals surface area (Å²) in [6.45, 7) is 6.61. The third-order valence-electron chi connectivity index (χ3n) is 6.75. The van der Waals surface area contributed by atoms with E-state index in [2.05, 4.69) is 27.8 Å². The van der Waals surface area contributed by atoms with Gasteiger partial charge in [0.25, 0.3) is 5.91 Å². The number of carbonyl (C=O) groups is 1. The molecule has 8 heteroatoms. The minimum absolute atomic E-state index is 0.0969. The number of anilines is 1. The van der Waals surface area contributed by atoms with Gasteiger partial charge in [0.2, 0.25) is 0 Å². The van der Waals surface area contributed by atoms with Gasteiger partial charge in [-0.05, 0) is 55.5 Å². The first-order valence-electron chi connectivity index (χ1n) is 12.2. The van der Waals surface area contributed by atoms with Gasteiger partial charge in [0.15, 0.2) is 17.7 Å². The zero-order valence-corrected chi connectivity index (χ0v) is 20.3. The van der Waals surface area contributed by atoms with Crippen molar-refractivity contribution in [3.8, 4) is 17.6 Å². The molecular weight excluding hydrogens is 454 g/mol. The molecule has 0 N–H and O–H groups in total. The molecule has 1 amide bonds. The van der Waals surface area contributed by atoms with Gasteiger partial charge in [-0.2, -0.15) is 5.26 Å². The highest BCUT2D eigenvalue weighted by atomic mass is 16.6. The summed E-state index contributed by atoms with van der Waals surface area (Å²) in [5, 5.41) is 9.08. The van der Waals surface area contributed by atoms with Crippen LogP contribution < -0.4 is 14.4 Å². The predicted octanol–water partition coefficient (Wildman–Crippen LogP) is 3.40. The quantitative estimate of drug-likeness (QED) is 0.531. The SMILES string of the molecule is C[C@H](CN(C(=O)c1ccc(C#N)cc1)c1ccccn1)N1CCN(C2COc3ccccc3O2)CC1. The number of amides is 1. The number of hydrogen-bond acceptors (Lipinski definition) is 7. The van der Waals surface area contributed by atoms with Crippen molar-refractivity contribution in [2.45, 2.75) is 19.2 Å². The van der Waals surface area contributed by atoms with Gasteiger partial charge in [-0.15, -0.1) is 0 Å². The zero-order chi connectivity index (χ0) is 24.9. The second-order valence-corrected chi connectivity index (χ2v) is 9.04. The Bertz CT molecular complexity index is 1220. The van der Waals surface area contributed by atoms with E-state index in [1.807, 2.05) is 42.5 Å². The molecule has 8 nitrogen and oxygen atoms in total. The Balaban J connectivity index is 1.23. The molecule has 1 unspecified atom stereocenters. The number of piperazine rings is 1. The van der Waals surface area contributed by atoms with E-state index in [9.17, 15) is 4.79 Å². The van der Waals surface area contributed by atoms with Gasteiger partial charge in [-0.1, -0.05) is 18.2 Å². The van der Waals surface area contributed by atoms with Crippen LogP contribution in [0.3, 0.4) is 0 Å². The van der Waals surface area contributed by atoms with E-state index in [-0.39, 0.29) is 18.2 Å². The molecule has 5 rings (SSSR count). The molecule has 0 saturated carbocycles. The number of nitriles is 1. The van der Waals surface area contributed by atoms with Crippen LogP contribution >= 0.6 is 0 Å². The van der Waals surface area contributed by atoms with Crippen molar-refractivity contribution in [3.05, 3.63) is 84.1 Å². The minimum Gasteiger partial charge on any atom is -0.484 e. The molecule has 3 heterocycles. The lowest BCUT2D eigenvalue weighted by molar-refractivity contribution is -0.0530. The van der Waals surface area contributed by atoms with Crippen molar-refractivity contribution < 1.29 is 14.3 Å². The minimum atomic E-state index is -0.130. The number of ether oxygens (including phenoxy) is 2. The van der Waals surface area contributed by atoms with E-state index < -0.39 is 0 Å². The maximum Gasteiger partial charge on any atom is 0.259 e. The summed E-state index contributed by atoms with van der Waals surface area (Å²) in [7, 11) is 0. The van der Waals surface area contributed by atoms with E-state index in [1.54, 1.807) is 35.4 Å². The lowest BCUT2D eigenvalue weighted by atomic mass is 10.1. The van der Waals surface area contributed by atoms with E-state index in [0.29, 0.717) is 30.1 Å². The number of para-hydroxylation sites is 2. The van der Waals surface area contributed by atoms with Gasteiger partial charge in [-0.25, -0.2) is 4.98 Å². The average molecular weight is 484 g/mol. The maximum absolute atomic E-state index is 13.5. The number of carbonyl (C=O) groups excluding carboxylic acids is 1. The van der Waals surface area contributed by atoms with Crippen LogP contribution in [0, 0.1) is 11.3 Å². The van der Waals surface area contributed by atoms with Crippen LogP contribution in [0.4, 0.5) is 5.82 Å². The molecule has 1 saturated heterocycles. The van der Waals surface area contributed by atoms with Crippen LogP contribution in [0.2, 0.25) is 0 Å². The van der Waals surface area contributed by atoms with Crippen molar-refractivity contribution in [1.82, 2.24) is 14.8 Å². The van der Waals surface area contributed by atoms with Gasteiger partial charge in [0.05, 0.1) is 11.6 Å². The van der Waals surface area contributed by atoms with Crippen LogP contribution in [0.15, 0.2) is 72.9 Å². The van der Waals surface area contributed by atoms with Gasteiger partial charge < -0.3 is 9.47 Å². The van der Waals surface area contributed by atoms with Crippen LogP contribution in [-0.2, 0) is 0 Å². The van der Waals surface area contributed by atoms with E-state index >= 15 is 0 Å². The van der Waals surface area contributed by atoms with E-state index in [0.717, 1.165) is 37.7 Å². The first-order valence-corrected chi connectivity index (χ1v) is 12.2. The molecule has 184 valence electrons.